The number of anilines is 1. The van der Waals surface area contributed by atoms with Crippen LogP contribution in [0.5, 0.6) is 11.5 Å². The quantitative estimate of drug-likeness (QED) is 0.330. The van der Waals surface area contributed by atoms with E-state index in [9.17, 15) is 4.79 Å². The van der Waals surface area contributed by atoms with E-state index in [1.807, 2.05) is 30.3 Å². The van der Waals surface area contributed by atoms with Gasteiger partial charge in [-0.3, -0.25) is 4.79 Å². The van der Waals surface area contributed by atoms with Crippen molar-refractivity contribution >= 4 is 34.2 Å². The molecule has 0 aliphatic carbocycles. The number of nitrogens with zero attached hydrogens (tertiary/aromatic N) is 3. The molecule has 1 aliphatic heterocycles. The molecule has 1 saturated heterocycles. The number of fused-ring (bicyclic) bond motifs is 1. The van der Waals surface area contributed by atoms with Gasteiger partial charge in [-0.1, -0.05) is 29.8 Å². The molecule has 35 heavy (non-hydrogen) atoms. The van der Waals surface area contributed by atoms with Crippen LogP contribution in [-0.4, -0.2) is 39.5 Å². The molecule has 0 unspecified atom stereocenters. The summed E-state index contributed by atoms with van der Waals surface area (Å²) in [6.07, 6.45) is 5.03. The van der Waals surface area contributed by atoms with E-state index >= 15 is 0 Å². The van der Waals surface area contributed by atoms with Crippen LogP contribution in [0.3, 0.4) is 0 Å². The average molecular weight is 488 g/mol. The second kappa shape index (κ2) is 10.1. The predicted octanol–water partition coefficient (Wildman–Crippen LogP) is 5.51. The van der Waals surface area contributed by atoms with Gasteiger partial charge < -0.3 is 19.8 Å². The molecule has 8 nitrogen and oxygen atoms in total. The molecule has 2 aromatic heterocycles. The number of carbonyl (C=O) groups excluding carboxylic acids is 1. The van der Waals surface area contributed by atoms with Crippen molar-refractivity contribution in [1.82, 2.24) is 15.0 Å². The Hall–Kier alpha value is -3.93. The number of nitriles is 1. The van der Waals surface area contributed by atoms with Crippen LogP contribution in [0.2, 0.25) is 5.02 Å². The van der Waals surface area contributed by atoms with Gasteiger partial charge in [0.15, 0.2) is 5.78 Å². The summed E-state index contributed by atoms with van der Waals surface area (Å²) in [5.74, 6) is 1.51. The third-order valence-electron chi connectivity index (χ3n) is 5.91. The van der Waals surface area contributed by atoms with E-state index in [1.54, 1.807) is 24.4 Å². The second-order valence-corrected chi connectivity index (χ2v) is 8.68. The molecule has 1 fully saturated rings. The molecular formula is C26H22ClN5O3. The summed E-state index contributed by atoms with van der Waals surface area (Å²) in [6, 6.07) is 16.5. The number of carbonyl (C=O) groups is 1. The highest BCUT2D eigenvalue weighted by Crippen LogP contribution is 2.32. The van der Waals surface area contributed by atoms with E-state index in [0.29, 0.717) is 52.5 Å². The van der Waals surface area contributed by atoms with Gasteiger partial charge in [0.1, 0.15) is 29.3 Å². The number of para-hydroxylation sites is 1. The van der Waals surface area contributed by atoms with Crippen molar-refractivity contribution in [3.8, 4) is 17.6 Å². The van der Waals surface area contributed by atoms with Crippen molar-refractivity contribution in [3.05, 3.63) is 77.2 Å². The lowest BCUT2D eigenvalue weighted by Crippen LogP contribution is -2.34. The minimum Gasteiger partial charge on any atom is -0.457 e. The molecule has 0 amide bonds. The molecule has 9 heteroatoms. The number of nitrogens with one attached hydrogen (secondary N) is 2. The summed E-state index contributed by atoms with van der Waals surface area (Å²) < 4.78 is 11.6. The Balaban J connectivity index is 1.38. The van der Waals surface area contributed by atoms with Crippen molar-refractivity contribution in [1.29, 1.82) is 5.26 Å². The van der Waals surface area contributed by atoms with Gasteiger partial charge in [-0.15, -0.1) is 0 Å². The van der Waals surface area contributed by atoms with E-state index in [4.69, 9.17) is 26.3 Å². The van der Waals surface area contributed by atoms with Crippen LogP contribution in [0.25, 0.3) is 11.0 Å². The van der Waals surface area contributed by atoms with Crippen LogP contribution in [-0.2, 0) is 4.74 Å². The molecule has 4 aromatic rings. The fourth-order valence-corrected chi connectivity index (χ4v) is 4.40. The van der Waals surface area contributed by atoms with Crippen LogP contribution >= 0.6 is 11.6 Å². The first-order valence-corrected chi connectivity index (χ1v) is 11.6. The summed E-state index contributed by atoms with van der Waals surface area (Å²) >= 11 is 6.50. The zero-order chi connectivity index (χ0) is 24.2. The number of rotatable bonds is 7. The molecule has 0 bridgehead atoms. The van der Waals surface area contributed by atoms with E-state index in [1.165, 1.54) is 6.33 Å². The summed E-state index contributed by atoms with van der Waals surface area (Å²) in [6.45, 7) is 0.459. The van der Waals surface area contributed by atoms with Gasteiger partial charge in [-0.25, -0.2) is 9.97 Å². The van der Waals surface area contributed by atoms with Crippen molar-refractivity contribution in [2.45, 2.75) is 31.4 Å². The SMILES string of the molecule is N#CC[C@@H]1CC[C@@H](Nc2ncnc3[nH]cc(C(=O)c4ccc(Oc5ccccc5)cc4Cl)c23)CO1. The standard InChI is InChI=1S/C26H22ClN5O3/c27-22-12-19(35-18-4-2-1-3-5-18)8-9-20(22)24(33)21-13-29-25-23(21)26(31-15-30-25)32-16-6-7-17(10-11-28)34-14-16/h1-5,8-9,12-13,15-17H,6-7,10,14H2,(H2,29,30,31,32)/t16-,17+/m1/s1. The Morgan fingerprint density at radius 2 is 2.03 bits per heavy atom. The second-order valence-electron chi connectivity index (χ2n) is 8.27. The number of halogens is 1. The molecule has 0 radical (unpaired) electrons. The van der Waals surface area contributed by atoms with Crippen LogP contribution in [0.15, 0.2) is 61.1 Å². The Bertz CT molecular complexity index is 1390. The molecular weight excluding hydrogens is 466 g/mol. The van der Waals surface area contributed by atoms with Crippen LogP contribution in [0, 0.1) is 11.3 Å². The van der Waals surface area contributed by atoms with Crippen LogP contribution in [0.4, 0.5) is 5.82 Å². The Kier molecular flexibility index (Phi) is 6.62. The number of H-pyrrole nitrogens is 1. The number of aromatic amines is 1. The molecule has 2 N–H and O–H groups in total. The lowest BCUT2D eigenvalue weighted by atomic mass is 10.0. The van der Waals surface area contributed by atoms with Gasteiger partial charge in [0.2, 0.25) is 0 Å². The van der Waals surface area contributed by atoms with E-state index in [-0.39, 0.29) is 23.0 Å². The van der Waals surface area contributed by atoms with Gasteiger partial charge >= 0.3 is 0 Å². The van der Waals surface area contributed by atoms with Crippen molar-refractivity contribution < 1.29 is 14.3 Å². The summed E-state index contributed by atoms with van der Waals surface area (Å²) in [5.41, 5.74) is 1.31. The minimum atomic E-state index is -0.251. The maximum Gasteiger partial charge on any atom is 0.196 e. The normalized spacial score (nSPS) is 17.6. The van der Waals surface area contributed by atoms with Gasteiger partial charge in [0.25, 0.3) is 0 Å². The topological polar surface area (TPSA) is 113 Å². The first kappa shape index (κ1) is 22.8. The molecule has 3 heterocycles. The number of hydrogen-bond donors (Lipinski definition) is 2. The van der Waals surface area contributed by atoms with Crippen LogP contribution < -0.4 is 10.1 Å². The number of benzene rings is 2. The number of hydrogen-bond acceptors (Lipinski definition) is 7. The summed E-state index contributed by atoms with van der Waals surface area (Å²) in [7, 11) is 0. The van der Waals surface area contributed by atoms with Crippen LogP contribution in [0.1, 0.15) is 35.2 Å². The van der Waals surface area contributed by atoms with Crippen molar-refractivity contribution in [2.75, 3.05) is 11.9 Å². The third kappa shape index (κ3) is 4.97. The fraction of sp³-hybridized carbons (Fsp3) is 0.231. The van der Waals surface area contributed by atoms with Gasteiger partial charge in [-0.2, -0.15) is 5.26 Å². The smallest absolute Gasteiger partial charge is 0.196 e. The lowest BCUT2D eigenvalue weighted by Gasteiger charge is -2.28. The molecule has 2 atom stereocenters. The largest absolute Gasteiger partial charge is 0.457 e. The van der Waals surface area contributed by atoms with E-state index in [2.05, 4.69) is 26.3 Å². The third-order valence-corrected chi connectivity index (χ3v) is 6.22. The minimum absolute atomic E-state index is 0.0129. The Morgan fingerprint density at radius 3 is 2.77 bits per heavy atom. The summed E-state index contributed by atoms with van der Waals surface area (Å²) in [4.78, 5) is 25.2. The van der Waals surface area contributed by atoms with E-state index < -0.39 is 0 Å². The highest BCUT2D eigenvalue weighted by molar-refractivity contribution is 6.35. The monoisotopic (exact) mass is 487 g/mol. The Labute approximate surface area is 206 Å². The number of ether oxygens (including phenoxy) is 2. The molecule has 5 rings (SSSR count). The lowest BCUT2D eigenvalue weighted by molar-refractivity contribution is 0.0126. The molecule has 0 saturated carbocycles. The van der Waals surface area contributed by atoms with E-state index in [0.717, 1.165) is 12.8 Å². The van der Waals surface area contributed by atoms with Crippen molar-refractivity contribution in [2.24, 2.45) is 0 Å². The van der Waals surface area contributed by atoms with Crippen molar-refractivity contribution in [3.63, 3.8) is 0 Å². The highest BCUT2D eigenvalue weighted by Gasteiger charge is 2.25. The Morgan fingerprint density at radius 1 is 1.17 bits per heavy atom. The number of ketones is 1. The van der Waals surface area contributed by atoms with Gasteiger partial charge in [0, 0.05) is 17.8 Å². The predicted molar refractivity (Wildman–Crippen MR) is 132 cm³/mol. The summed E-state index contributed by atoms with van der Waals surface area (Å²) in [5, 5.41) is 13.1. The highest BCUT2D eigenvalue weighted by atomic mass is 35.5. The van der Waals surface area contributed by atoms with Gasteiger partial charge in [-0.05, 0) is 37.1 Å². The zero-order valence-electron chi connectivity index (χ0n) is 18.7. The molecule has 1 aliphatic rings. The fourth-order valence-electron chi connectivity index (χ4n) is 4.14. The number of aromatic nitrogens is 3. The maximum absolute atomic E-state index is 13.5. The molecule has 176 valence electrons. The zero-order valence-corrected chi connectivity index (χ0v) is 19.5. The maximum atomic E-state index is 13.5. The first-order valence-electron chi connectivity index (χ1n) is 11.3. The molecule has 2 aromatic carbocycles. The average Bonchev–Trinajstić information content (AvgIpc) is 3.31. The van der Waals surface area contributed by atoms with Gasteiger partial charge in [0.05, 0.1) is 47.2 Å². The first-order chi connectivity index (χ1) is 17.1. The molecule has 0 spiro atoms.